The number of nitrogens with one attached hydrogen (secondary N) is 1. The van der Waals surface area contributed by atoms with Crippen LogP contribution in [0.1, 0.15) is 36.8 Å². The Morgan fingerprint density at radius 3 is 2.42 bits per heavy atom. The summed E-state index contributed by atoms with van der Waals surface area (Å²) >= 11 is 0. The van der Waals surface area contributed by atoms with E-state index in [2.05, 4.69) is 50.3 Å². The number of hydrogen-bond acceptors (Lipinski definition) is 7. The van der Waals surface area contributed by atoms with Crippen LogP contribution < -0.4 is 16.0 Å². The van der Waals surface area contributed by atoms with Gasteiger partial charge in [-0.1, -0.05) is 12.1 Å². The molecule has 1 aromatic carbocycles. The molecule has 3 amide bonds. The smallest absolute Gasteiger partial charge is 0.317 e. The Kier molecular flexibility index (Phi) is 7.69. The van der Waals surface area contributed by atoms with Gasteiger partial charge in [0, 0.05) is 77.0 Å². The van der Waals surface area contributed by atoms with Gasteiger partial charge in [-0.15, -0.1) is 0 Å². The van der Waals surface area contributed by atoms with Crippen LogP contribution in [-0.2, 0) is 17.8 Å². The van der Waals surface area contributed by atoms with Crippen molar-refractivity contribution in [1.29, 1.82) is 0 Å². The molecular formula is C28H40N8O2. The van der Waals surface area contributed by atoms with Crippen molar-refractivity contribution in [3.05, 3.63) is 35.4 Å². The second kappa shape index (κ2) is 11.1. The van der Waals surface area contributed by atoms with Gasteiger partial charge in [0.15, 0.2) is 0 Å². The maximum Gasteiger partial charge on any atom is 0.317 e. The maximum atomic E-state index is 13.1. The van der Waals surface area contributed by atoms with Gasteiger partial charge in [-0.25, -0.2) is 9.78 Å². The van der Waals surface area contributed by atoms with E-state index in [-0.39, 0.29) is 29.8 Å². The molecule has 1 aromatic heterocycles. The highest BCUT2D eigenvalue weighted by Crippen LogP contribution is 2.29. The van der Waals surface area contributed by atoms with Crippen molar-refractivity contribution in [2.45, 2.75) is 44.7 Å². The number of hydrogen-bond donors (Lipinski definition) is 2. The van der Waals surface area contributed by atoms with Crippen molar-refractivity contribution < 1.29 is 9.59 Å². The van der Waals surface area contributed by atoms with E-state index < -0.39 is 0 Å². The van der Waals surface area contributed by atoms with Gasteiger partial charge in [0.25, 0.3) is 0 Å². The molecule has 204 valence electrons. The van der Waals surface area contributed by atoms with Crippen LogP contribution >= 0.6 is 0 Å². The summed E-state index contributed by atoms with van der Waals surface area (Å²) in [7, 11) is 5.75. The molecule has 5 rings (SSSR count). The molecule has 10 nitrogen and oxygen atoms in total. The van der Waals surface area contributed by atoms with E-state index in [0.29, 0.717) is 13.1 Å². The zero-order valence-corrected chi connectivity index (χ0v) is 22.8. The lowest BCUT2D eigenvalue weighted by atomic mass is 9.85. The number of aromatic nitrogens is 2. The number of likely N-dealkylation sites (N-methyl/N-ethyl adjacent to an activating group) is 1. The zero-order chi connectivity index (χ0) is 26.8. The van der Waals surface area contributed by atoms with E-state index in [0.717, 1.165) is 80.9 Å². The highest BCUT2D eigenvalue weighted by Gasteiger charge is 2.30. The van der Waals surface area contributed by atoms with Crippen LogP contribution in [0.3, 0.4) is 0 Å². The van der Waals surface area contributed by atoms with Crippen LogP contribution in [0.4, 0.5) is 16.6 Å². The van der Waals surface area contributed by atoms with E-state index in [1.54, 1.807) is 4.90 Å². The fourth-order valence-corrected chi connectivity index (χ4v) is 5.80. The summed E-state index contributed by atoms with van der Waals surface area (Å²) in [5, 5.41) is 3.22. The van der Waals surface area contributed by atoms with Crippen molar-refractivity contribution >= 4 is 23.7 Å². The van der Waals surface area contributed by atoms with Crippen molar-refractivity contribution in [3.63, 3.8) is 0 Å². The monoisotopic (exact) mass is 520 g/mol. The summed E-state index contributed by atoms with van der Waals surface area (Å²) in [4.78, 5) is 42.6. The van der Waals surface area contributed by atoms with E-state index >= 15 is 0 Å². The average molecular weight is 521 g/mol. The lowest BCUT2D eigenvalue weighted by Gasteiger charge is -2.34. The van der Waals surface area contributed by atoms with Gasteiger partial charge in [-0.2, -0.15) is 4.98 Å². The van der Waals surface area contributed by atoms with Crippen LogP contribution in [-0.4, -0.2) is 96.5 Å². The molecule has 2 aromatic rings. The number of urea groups is 1. The van der Waals surface area contributed by atoms with Crippen LogP contribution in [0.5, 0.6) is 0 Å². The average Bonchev–Trinajstić information content (AvgIpc) is 2.92. The van der Waals surface area contributed by atoms with Crippen LogP contribution in [0.25, 0.3) is 11.3 Å². The lowest BCUT2D eigenvalue weighted by Crippen LogP contribution is -2.48. The highest BCUT2D eigenvalue weighted by atomic mass is 16.2. The largest absolute Gasteiger partial charge is 0.368 e. The molecule has 3 aliphatic rings. The van der Waals surface area contributed by atoms with Gasteiger partial charge in [-0.05, 0) is 56.3 Å². The Balaban J connectivity index is 1.24. The van der Waals surface area contributed by atoms with Gasteiger partial charge < -0.3 is 30.7 Å². The molecule has 2 aliphatic heterocycles. The Hall–Kier alpha value is -3.40. The molecule has 0 unspecified atom stereocenters. The molecule has 0 atom stereocenters. The fraction of sp³-hybridized carbons (Fsp3) is 0.571. The van der Waals surface area contributed by atoms with Crippen molar-refractivity contribution in [2.75, 3.05) is 64.5 Å². The number of amides is 3. The second-order valence-corrected chi connectivity index (χ2v) is 11.1. The van der Waals surface area contributed by atoms with E-state index in [4.69, 9.17) is 5.73 Å². The standard InChI is InChI=1S/C28H40N8O2/c1-33(2)26(37)20-6-8-23(9-7-20)30-28(38)36-11-10-19-4-5-21(16-22(19)18-36)24-17-25(32-27(29)31-24)35-14-12-34(3)13-15-35/h4-5,16-17,20,23H,6-15,18H2,1-3H3,(H,30,38)(H2,29,31,32). The first kappa shape index (κ1) is 26.2. The summed E-state index contributed by atoms with van der Waals surface area (Å²) in [5.74, 6) is 1.41. The first-order chi connectivity index (χ1) is 18.3. The number of rotatable bonds is 4. The van der Waals surface area contributed by atoms with Crippen LogP contribution in [0.15, 0.2) is 24.3 Å². The van der Waals surface area contributed by atoms with Gasteiger partial charge >= 0.3 is 6.03 Å². The summed E-state index contributed by atoms with van der Waals surface area (Å²) in [6.45, 7) is 5.07. The highest BCUT2D eigenvalue weighted by molar-refractivity contribution is 5.78. The molecule has 2 fully saturated rings. The predicted octanol–water partition coefficient (Wildman–Crippen LogP) is 2.19. The number of nitrogens with two attached hydrogens (primary N) is 1. The molecule has 1 aliphatic carbocycles. The Bertz CT molecular complexity index is 1170. The molecule has 1 saturated heterocycles. The van der Waals surface area contributed by atoms with Crippen molar-refractivity contribution in [2.24, 2.45) is 5.92 Å². The predicted molar refractivity (Wildman–Crippen MR) is 149 cm³/mol. The van der Waals surface area contributed by atoms with Crippen LogP contribution in [0.2, 0.25) is 0 Å². The van der Waals surface area contributed by atoms with Crippen molar-refractivity contribution in [3.8, 4) is 11.3 Å². The van der Waals surface area contributed by atoms with Crippen molar-refractivity contribution in [1.82, 2.24) is 30.0 Å². The summed E-state index contributed by atoms with van der Waals surface area (Å²) < 4.78 is 0. The summed E-state index contributed by atoms with van der Waals surface area (Å²) in [6.07, 6.45) is 4.16. The minimum Gasteiger partial charge on any atom is -0.368 e. The number of carbonyl (C=O) groups is 2. The first-order valence-corrected chi connectivity index (χ1v) is 13.7. The van der Waals surface area contributed by atoms with Gasteiger partial charge in [-0.3, -0.25) is 4.79 Å². The Morgan fingerprint density at radius 1 is 0.974 bits per heavy atom. The molecule has 0 radical (unpaired) electrons. The number of fused-ring (bicyclic) bond motifs is 1. The van der Waals surface area contributed by atoms with Crippen LogP contribution in [0, 0.1) is 5.92 Å². The Morgan fingerprint density at radius 2 is 1.71 bits per heavy atom. The second-order valence-electron chi connectivity index (χ2n) is 11.1. The molecular weight excluding hydrogens is 480 g/mol. The summed E-state index contributed by atoms with van der Waals surface area (Å²) in [5.41, 5.74) is 10.3. The molecule has 3 N–H and O–H groups in total. The van der Waals surface area contributed by atoms with Gasteiger partial charge in [0.1, 0.15) is 5.82 Å². The quantitative estimate of drug-likeness (QED) is 0.636. The van der Waals surface area contributed by atoms with E-state index in [9.17, 15) is 9.59 Å². The number of anilines is 2. The van der Waals surface area contributed by atoms with E-state index in [1.807, 2.05) is 25.1 Å². The minimum absolute atomic E-state index is 0.0212. The first-order valence-electron chi connectivity index (χ1n) is 13.7. The SMILES string of the molecule is CN1CCN(c2cc(-c3ccc4c(c3)CN(C(=O)NC3CCC(C(=O)N(C)C)CC3)CC4)nc(N)n2)CC1. The molecule has 38 heavy (non-hydrogen) atoms. The number of carbonyl (C=O) groups excluding carboxylic acids is 2. The number of nitrogens with zero attached hydrogens (tertiary/aromatic N) is 6. The maximum absolute atomic E-state index is 13.1. The number of benzene rings is 1. The third-order valence-corrected chi connectivity index (χ3v) is 8.20. The third kappa shape index (κ3) is 5.85. The van der Waals surface area contributed by atoms with Gasteiger partial charge in [0.2, 0.25) is 11.9 Å². The molecule has 3 heterocycles. The normalized spacial score (nSPS) is 22.1. The molecule has 1 saturated carbocycles. The number of piperazine rings is 1. The third-order valence-electron chi connectivity index (χ3n) is 8.20. The molecule has 0 spiro atoms. The summed E-state index contributed by atoms with van der Waals surface area (Å²) in [6, 6.07) is 8.51. The topological polar surface area (TPSA) is 111 Å². The number of nitrogen functional groups attached to an aromatic ring is 1. The molecule has 0 bridgehead atoms. The van der Waals surface area contributed by atoms with E-state index in [1.165, 1.54) is 5.56 Å². The fourth-order valence-electron chi connectivity index (χ4n) is 5.80. The Labute approximate surface area is 225 Å². The zero-order valence-electron chi connectivity index (χ0n) is 22.8. The molecule has 10 heteroatoms. The van der Waals surface area contributed by atoms with Gasteiger partial charge in [0.05, 0.1) is 5.69 Å². The lowest BCUT2D eigenvalue weighted by molar-refractivity contribution is -0.134. The minimum atomic E-state index is -0.0212.